The van der Waals surface area contributed by atoms with Crippen molar-refractivity contribution in [2.24, 2.45) is 28.6 Å². The molecule has 0 radical (unpaired) electrons. The molecule has 0 bridgehead atoms. The molecule has 4 fully saturated rings. The van der Waals surface area contributed by atoms with Gasteiger partial charge in [0.2, 0.25) is 0 Å². The summed E-state index contributed by atoms with van der Waals surface area (Å²) in [5.74, 6) is 1.90. The number of rotatable bonds is 1. The molecule has 4 saturated carbocycles. The molecule has 1 aromatic rings. The van der Waals surface area contributed by atoms with Crippen molar-refractivity contribution >= 4 is 0 Å². The van der Waals surface area contributed by atoms with E-state index < -0.39 is 16.6 Å². The zero-order valence-electron chi connectivity index (χ0n) is 16.7. The van der Waals surface area contributed by atoms with E-state index in [-0.39, 0.29) is 17.4 Å². The van der Waals surface area contributed by atoms with Gasteiger partial charge in [0.1, 0.15) is 11.4 Å². The Morgan fingerprint density at radius 2 is 1.78 bits per heavy atom. The van der Waals surface area contributed by atoms with E-state index >= 15 is 0 Å². The Bertz CT molecular complexity index is 716. The van der Waals surface area contributed by atoms with E-state index in [2.05, 4.69) is 13.8 Å². The van der Waals surface area contributed by atoms with Gasteiger partial charge >= 0.3 is 0 Å². The molecule has 0 amide bonds. The number of hydrogen-bond donors (Lipinski definition) is 3. The molecule has 8 atom stereocenters. The van der Waals surface area contributed by atoms with Crippen molar-refractivity contribution in [2.45, 2.75) is 88.9 Å². The summed E-state index contributed by atoms with van der Waals surface area (Å²) in [6.45, 7) is 4.51. The number of fused-ring (bicyclic) bond motifs is 5. The second-order valence-electron chi connectivity index (χ2n) is 10.6. The lowest BCUT2D eigenvalue weighted by molar-refractivity contribution is -0.241. The molecule has 0 aromatic carbocycles. The minimum absolute atomic E-state index is 0.146. The van der Waals surface area contributed by atoms with Gasteiger partial charge in [0.15, 0.2) is 0 Å². The Morgan fingerprint density at radius 3 is 2.52 bits per heavy atom. The van der Waals surface area contributed by atoms with Gasteiger partial charge in [0, 0.05) is 5.41 Å². The number of aliphatic hydroxyl groups is 3. The predicted molar refractivity (Wildman–Crippen MR) is 102 cm³/mol. The molecule has 0 spiro atoms. The monoisotopic (exact) mass is 374 g/mol. The first-order valence-electron chi connectivity index (χ1n) is 10.9. The SMILES string of the molecule is C[C@]12CC[C@H](O)C[C@@H]1CC[C@@H]1[C@@H]2CC[C@]2(C)[C@@](O)(c3ccco3)CC[C@]12O. The highest BCUT2D eigenvalue weighted by Crippen LogP contribution is 2.71. The van der Waals surface area contributed by atoms with Crippen molar-refractivity contribution in [3.8, 4) is 0 Å². The summed E-state index contributed by atoms with van der Waals surface area (Å²) in [6.07, 6.45) is 9.54. The van der Waals surface area contributed by atoms with Crippen molar-refractivity contribution in [1.29, 1.82) is 0 Å². The second-order valence-corrected chi connectivity index (χ2v) is 10.6. The number of furan rings is 1. The predicted octanol–water partition coefficient (Wildman–Crippen LogP) is 3.99. The smallest absolute Gasteiger partial charge is 0.136 e. The van der Waals surface area contributed by atoms with Crippen LogP contribution in [-0.4, -0.2) is 27.0 Å². The second kappa shape index (κ2) is 5.61. The highest BCUT2D eigenvalue weighted by Gasteiger charge is 2.72. The largest absolute Gasteiger partial charge is 0.466 e. The first-order chi connectivity index (χ1) is 12.7. The van der Waals surface area contributed by atoms with Gasteiger partial charge in [-0.1, -0.05) is 13.8 Å². The van der Waals surface area contributed by atoms with E-state index in [1.807, 2.05) is 12.1 Å². The van der Waals surface area contributed by atoms with E-state index in [9.17, 15) is 15.3 Å². The fraction of sp³-hybridized carbons (Fsp3) is 0.826. The van der Waals surface area contributed by atoms with Crippen molar-refractivity contribution in [1.82, 2.24) is 0 Å². The minimum atomic E-state index is -1.09. The molecule has 1 heterocycles. The van der Waals surface area contributed by atoms with Crippen LogP contribution in [0.1, 0.15) is 77.4 Å². The van der Waals surface area contributed by atoms with Crippen molar-refractivity contribution in [2.75, 3.05) is 0 Å². The van der Waals surface area contributed by atoms with Gasteiger partial charge in [-0.15, -0.1) is 0 Å². The molecular weight excluding hydrogens is 340 g/mol. The molecule has 0 aliphatic heterocycles. The average molecular weight is 375 g/mol. The van der Waals surface area contributed by atoms with Crippen LogP contribution in [0.4, 0.5) is 0 Å². The maximum absolute atomic E-state index is 12.1. The maximum atomic E-state index is 12.1. The zero-order valence-corrected chi connectivity index (χ0v) is 16.7. The Hall–Kier alpha value is -0.840. The van der Waals surface area contributed by atoms with Gasteiger partial charge in [0.05, 0.1) is 18.0 Å². The molecule has 4 heteroatoms. The Kier molecular flexibility index (Phi) is 3.78. The van der Waals surface area contributed by atoms with E-state index in [1.165, 1.54) is 0 Å². The highest BCUT2D eigenvalue weighted by atomic mass is 16.4. The summed E-state index contributed by atoms with van der Waals surface area (Å²) in [6, 6.07) is 3.70. The summed E-state index contributed by atoms with van der Waals surface area (Å²) in [5.41, 5.74) is -2.29. The first-order valence-corrected chi connectivity index (χ1v) is 10.9. The molecule has 5 rings (SSSR count). The summed E-state index contributed by atoms with van der Waals surface area (Å²) >= 11 is 0. The third-order valence-corrected chi connectivity index (χ3v) is 9.90. The topological polar surface area (TPSA) is 73.8 Å². The lowest BCUT2D eigenvalue weighted by Crippen LogP contribution is -2.64. The number of hydrogen-bond acceptors (Lipinski definition) is 4. The molecule has 4 aliphatic carbocycles. The summed E-state index contributed by atoms with van der Waals surface area (Å²) in [7, 11) is 0. The van der Waals surface area contributed by atoms with Gasteiger partial charge in [-0.3, -0.25) is 0 Å². The van der Waals surface area contributed by atoms with Gasteiger partial charge in [0.25, 0.3) is 0 Å². The van der Waals surface area contributed by atoms with Gasteiger partial charge < -0.3 is 19.7 Å². The molecule has 0 saturated heterocycles. The van der Waals surface area contributed by atoms with Crippen LogP contribution in [0.5, 0.6) is 0 Å². The molecule has 1 aromatic heterocycles. The van der Waals surface area contributed by atoms with Gasteiger partial charge in [-0.05, 0) is 93.1 Å². The van der Waals surface area contributed by atoms with Crippen molar-refractivity contribution in [3.05, 3.63) is 24.2 Å². The van der Waals surface area contributed by atoms with Crippen molar-refractivity contribution in [3.63, 3.8) is 0 Å². The van der Waals surface area contributed by atoms with Crippen LogP contribution < -0.4 is 0 Å². The standard InChI is InChI=1S/C23H34O4/c1-20-9-7-16(24)14-15(20)5-6-18-17(20)8-10-21(2)22(18,25)11-12-23(21,26)19-4-3-13-27-19/h3-4,13,15-18,24-26H,5-12,14H2,1-2H3/t15-,16-,17-,18+,20-,21-,22-,23-/m0/s1. The molecule has 4 aliphatic rings. The summed E-state index contributed by atoms with van der Waals surface area (Å²) < 4.78 is 5.64. The van der Waals surface area contributed by atoms with E-state index in [0.29, 0.717) is 30.4 Å². The van der Waals surface area contributed by atoms with Crippen LogP contribution in [0.3, 0.4) is 0 Å². The van der Waals surface area contributed by atoms with Gasteiger partial charge in [-0.2, -0.15) is 0 Å². The fourth-order valence-corrected chi connectivity index (χ4v) is 8.13. The molecule has 4 nitrogen and oxygen atoms in total. The molecule has 3 N–H and O–H groups in total. The number of aliphatic hydroxyl groups excluding tert-OH is 1. The van der Waals surface area contributed by atoms with E-state index in [0.717, 1.165) is 44.9 Å². The fourth-order valence-electron chi connectivity index (χ4n) is 8.13. The molecule has 0 unspecified atom stereocenters. The van der Waals surface area contributed by atoms with Crippen LogP contribution >= 0.6 is 0 Å². The van der Waals surface area contributed by atoms with Crippen LogP contribution in [0, 0.1) is 28.6 Å². The normalized spacial score (nSPS) is 54.9. The summed E-state index contributed by atoms with van der Waals surface area (Å²) in [5, 5.41) is 34.0. The maximum Gasteiger partial charge on any atom is 0.136 e. The lowest BCUT2D eigenvalue weighted by atomic mass is 9.43. The lowest BCUT2D eigenvalue weighted by Gasteiger charge is -2.64. The highest BCUT2D eigenvalue weighted by molar-refractivity contribution is 5.27. The van der Waals surface area contributed by atoms with Crippen LogP contribution in [0.25, 0.3) is 0 Å². The van der Waals surface area contributed by atoms with Crippen LogP contribution in [0.2, 0.25) is 0 Å². The molecular formula is C23H34O4. The van der Waals surface area contributed by atoms with Crippen LogP contribution in [-0.2, 0) is 5.60 Å². The summed E-state index contributed by atoms with van der Waals surface area (Å²) in [4.78, 5) is 0. The quantitative estimate of drug-likeness (QED) is 0.695. The third kappa shape index (κ3) is 2.10. The first kappa shape index (κ1) is 18.2. The van der Waals surface area contributed by atoms with Gasteiger partial charge in [-0.25, -0.2) is 0 Å². The Labute approximate surface area is 162 Å². The third-order valence-electron chi connectivity index (χ3n) is 9.90. The minimum Gasteiger partial charge on any atom is -0.466 e. The average Bonchev–Trinajstić information content (AvgIpc) is 3.24. The Balaban J connectivity index is 1.52. The van der Waals surface area contributed by atoms with Crippen molar-refractivity contribution < 1.29 is 19.7 Å². The zero-order chi connectivity index (χ0) is 19.1. The molecule has 150 valence electrons. The molecule has 27 heavy (non-hydrogen) atoms. The van der Waals surface area contributed by atoms with Crippen LogP contribution in [0.15, 0.2) is 22.8 Å². The van der Waals surface area contributed by atoms with E-state index in [4.69, 9.17) is 4.42 Å². The van der Waals surface area contributed by atoms with E-state index in [1.54, 1.807) is 6.26 Å². The Morgan fingerprint density at radius 1 is 0.963 bits per heavy atom.